The minimum atomic E-state index is -0.151. The summed E-state index contributed by atoms with van der Waals surface area (Å²) in [5.74, 6) is 0.748. The fourth-order valence-electron chi connectivity index (χ4n) is 2.85. The van der Waals surface area contributed by atoms with Crippen molar-refractivity contribution in [1.29, 1.82) is 0 Å². The molecule has 1 N–H and O–H groups in total. The van der Waals surface area contributed by atoms with Crippen molar-refractivity contribution in [1.82, 2.24) is 25.0 Å². The first-order chi connectivity index (χ1) is 11.7. The maximum absolute atomic E-state index is 12.3. The minimum absolute atomic E-state index is 0.151. The Morgan fingerprint density at radius 3 is 2.96 bits per heavy atom. The summed E-state index contributed by atoms with van der Waals surface area (Å²) in [7, 11) is 0. The number of rotatable bonds is 6. The van der Waals surface area contributed by atoms with E-state index in [-0.39, 0.29) is 11.8 Å². The molecule has 3 rings (SSSR count). The molecule has 1 aliphatic heterocycles. The number of aromatic nitrogens is 3. The van der Waals surface area contributed by atoms with Gasteiger partial charge in [-0.1, -0.05) is 6.07 Å². The van der Waals surface area contributed by atoms with Gasteiger partial charge >= 0.3 is 0 Å². The third kappa shape index (κ3) is 3.45. The monoisotopic (exact) mass is 327 g/mol. The Hall–Kier alpha value is -2.70. The predicted molar refractivity (Wildman–Crippen MR) is 88.9 cm³/mol. The molecule has 2 aromatic rings. The average molecular weight is 327 g/mol. The minimum Gasteiger partial charge on any atom is -0.352 e. The van der Waals surface area contributed by atoms with Crippen LogP contribution in [0.15, 0.2) is 30.6 Å². The molecule has 0 bridgehead atoms. The Labute approximate surface area is 140 Å². The van der Waals surface area contributed by atoms with Gasteiger partial charge in [0.25, 0.3) is 5.91 Å². The van der Waals surface area contributed by atoms with Gasteiger partial charge in [0, 0.05) is 32.3 Å². The van der Waals surface area contributed by atoms with Gasteiger partial charge in [0.1, 0.15) is 0 Å². The van der Waals surface area contributed by atoms with Crippen molar-refractivity contribution in [2.24, 2.45) is 0 Å². The van der Waals surface area contributed by atoms with Gasteiger partial charge in [-0.15, -0.1) is 0 Å². The lowest BCUT2D eigenvalue weighted by atomic mass is 10.2. The molecule has 7 heteroatoms. The second kappa shape index (κ2) is 7.25. The Bertz CT molecular complexity index is 726. The Kier molecular flexibility index (Phi) is 4.88. The van der Waals surface area contributed by atoms with Crippen LogP contribution in [0.5, 0.6) is 0 Å². The van der Waals surface area contributed by atoms with Gasteiger partial charge in [-0.2, -0.15) is 5.10 Å². The van der Waals surface area contributed by atoms with E-state index in [0.29, 0.717) is 30.9 Å². The summed E-state index contributed by atoms with van der Waals surface area (Å²) in [6.45, 7) is 3.92. The SMILES string of the molecule is Cc1c(C(=O)NCCCN2CCCC2=O)cnn1-c1ccccn1. The summed E-state index contributed by atoms with van der Waals surface area (Å²) in [6, 6.07) is 5.55. The molecule has 0 spiro atoms. The van der Waals surface area contributed by atoms with Crippen LogP contribution in [0, 0.1) is 6.92 Å². The maximum Gasteiger partial charge on any atom is 0.254 e. The van der Waals surface area contributed by atoms with Crippen LogP contribution >= 0.6 is 0 Å². The second-order valence-corrected chi connectivity index (χ2v) is 5.84. The topological polar surface area (TPSA) is 80.1 Å². The molecule has 126 valence electrons. The predicted octanol–water partition coefficient (Wildman–Crippen LogP) is 1.32. The molecule has 24 heavy (non-hydrogen) atoms. The third-order valence-corrected chi connectivity index (χ3v) is 4.18. The molecule has 0 saturated carbocycles. The van der Waals surface area contributed by atoms with Crippen LogP contribution in [-0.4, -0.2) is 51.1 Å². The summed E-state index contributed by atoms with van der Waals surface area (Å²) in [4.78, 5) is 29.9. The highest BCUT2D eigenvalue weighted by molar-refractivity contribution is 5.95. The van der Waals surface area contributed by atoms with Gasteiger partial charge in [-0.05, 0) is 31.9 Å². The first-order valence-corrected chi connectivity index (χ1v) is 8.19. The number of nitrogens with one attached hydrogen (secondary N) is 1. The third-order valence-electron chi connectivity index (χ3n) is 4.18. The van der Waals surface area contributed by atoms with E-state index in [1.807, 2.05) is 30.0 Å². The number of carbonyl (C=O) groups excluding carboxylic acids is 2. The number of nitrogens with zero attached hydrogens (tertiary/aromatic N) is 4. The summed E-state index contributed by atoms with van der Waals surface area (Å²) in [5, 5.41) is 7.14. The maximum atomic E-state index is 12.3. The van der Waals surface area contributed by atoms with Gasteiger partial charge in [-0.3, -0.25) is 9.59 Å². The van der Waals surface area contributed by atoms with Crippen molar-refractivity contribution < 1.29 is 9.59 Å². The average Bonchev–Trinajstić information content (AvgIpc) is 3.18. The van der Waals surface area contributed by atoms with E-state index in [4.69, 9.17) is 0 Å². The zero-order valence-electron chi connectivity index (χ0n) is 13.7. The summed E-state index contributed by atoms with van der Waals surface area (Å²) >= 11 is 0. The van der Waals surface area contributed by atoms with Gasteiger partial charge in [0.15, 0.2) is 5.82 Å². The molecule has 2 aromatic heterocycles. The molecule has 0 aromatic carbocycles. The Morgan fingerprint density at radius 1 is 1.38 bits per heavy atom. The summed E-state index contributed by atoms with van der Waals surface area (Å²) in [5.41, 5.74) is 1.29. The highest BCUT2D eigenvalue weighted by Crippen LogP contribution is 2.12. The zero-order valence-corrected chi connectivity index (χ0v) is 13.7. The lowest BCUT2D eigenvalue weighted by Crippen LogP contribution is -2.30. The molecule has 0 unspecified atom stereocenters. The molecule has 1 fully saturated rings. The molecule has 0 atom stereocenters. The van der Waals surface area contributed by atoms with E-state index in [0.717, 1.165) is 25.1 Å². The van der Waals surface area contributed by atoms with Crippen LogP contribution in [0.2, 0.25) is 0 Å². The van der Waals surface area contributed by atoms with Crippen LogP contribution in [0.3, 0.4) is 0 Å². The number of pyridine rings is 1. The molecule has 7 nitrogen and oxygen atoms in total. The Balaban J connectivity index is 1.54. The Morgan fingerprint density at radius 2 is 2.25 bits per heavy atom. The molecular formula is C17H21N5O2. The van der Waals surface area contributed by atoms with E-state index < -0.39 is 0 Å². The van der Waals surface area contributed by atoms with Gasteiger partial charge < -0.3 is 10.2 Å². The highest BCUT2D eigenvalue weighted by Gasteiger charge is 2.19. The van der Waals surface area contributed by atoms with E-state index in [1.165, 1.54) is 0 Å². The van der Waals surface area contributed by atoms with E-state index >= 15 is 0 Å². The quantitative estimate of drug-likeness (QED) is 0.812. The number of hydrogen-bond acceptors (Lipinski definition) is 4. The lowest BCUT2D eigenvalue weighted by Gasteiger charge is -2.15. The van der Waals surface area contributed by atoms with Gasteiger partial charge in [0.05, 0.1) is 17.5 Å². The van der Waals surface area contributed by atoms with Crippen LogP contribution in [0.4, 0.5) is 0 Å². The molecule has 0 aliphatic carbocycles. The van der Waals surface area contributed by atoms with Crippen LogP contribution in [-0.2, 0) is 4.79 Å². The summed E-state index contributed by atoms with van der Waals surface area (Å²) in [6.07, 6.45) is 5.60. The van der Waals surface area contributed by atoms with Crippen molar-refractivity contribution in [2.45, 2.75) is 26.2 Å². The number of hydrogen-bond donors (Lipinski definition) is 1. The molecule has 1 aliphatic rings. The van der Waals surface area contributed by atoms with E-state index in [2.05, 4.69) is 15.4 Å². The number of amides is 2. The van der Waals surface area contributed by atoms with Crippen molar-refractivity contribution in [3.05, 3.63) is 41.9 Å². The second-order valence-electron chi connectivity index (χ2n) is 5.84. The van der Waals surface area contributed by atoms with Crippen molar-refractivity contribution in [3.63, 3.8) is 0 Å². The molecule has 2 amide bonds. The molecular weight excluding hydrogens is 306 g/mol. The number of likely N-dealkylation sites (tertiary alicyclic amines) is 1. The zero-order chi connectivity index (χ0) is 16.9. The normalized spacial score (nSPS) is 14.2. The fourth-order valence-corrected chi connectivity index (χ4v) is 2.85. The van der Waals surface area contributed by atoms with Gasteiger partial charge in [-0.25, -0.2) is 9.67 Å². The standard InChI is InChI=1S/C17H21N5O2/c1-13-14(12-20-22(13)15-6-2-3-8-18-15)17(24)19-9-5-11-21-10-4-7-16(21)23/h2-3,6,8,12H,4-5,7,9-11H2,1H3,(H,19,24). The first kappa shape index (κ1) is 16.2. The van der Waals surface area contributed by atoms with Crippen molar-refractivity contribution in [3.8, 4) is 5.82 Å². The van der Waals surface area contributed by atoms with Crippen LogP contribution < -0.4 is 5.32 Å². The molecule has 3 heterocycles. The molecule has 0 radical (unpaired) electrons. The van der Waals surface area contributed by atoms with Crippen molar-refractivity contribution in [2.75, 3.05) is 19.6 Å². The largest absolute Gasteiger partial charge is 0.352 e. The van der Waals surface area contributed by atoms with Crippen molar-refractivity contribution >= 4 is 11.8 Å². The van der Waals surface area contributed by atoms with E-state index in [9.17, 15) is 9.59 Å². The molecule has 1 saturated heterocycles. The van der Waals surface area contributed by atoms with Crippen LogP contribution in [0.1, 0.15) is 35.3 Å². The lowest BCUT2D eigenvalue weighted by molar-refractivity contribution is -0.127. The smallest absolute Gasteiger partial charge is 0.254 e. The fraction of sp³-hybridized carbons (Fsp3) is 0.412. The highest BCUT2D eigenvalue weighted by atomic mass is 16.2. The first-order valence-electron chi connectivity index (χ1n) is 8.19. The summed E-state index contributed by atoms with van der Waals surface area (Å²) < 4.78 is 1.65. The van der Waals surface area contributed by atoms with E-state index in [1.54, 1.807) is 17.1 Å². The number of carbonyl (C=O) groups is 2. The van der Waals surface area contributed by atoms with Gasteiger partial charge in [0.2, 0.25) is 5.91 Å². The van der Waals surface area contributed by atoms with Crippen LogP contribution in [0.25, 0.3) is 5.82 Å².